The van der Waals surface area contributed by atoms with Crippen LogP contribution in [0.15, 0.2) is 0 Å². The lowest BCUT2D eigenvalue weighted by Crippen LogP contribution is -2.58. The number of nitrogens with one attached hydrogen (secondary N) is 4. The lowest BCUT2D eigenvalue weighted by molar-refractivity contribution is -0.127. The molecule has 0 fully saturated rings. The molecule has 0 aliphatic heterocycles. The van der Waals surface area contributed by atoms with E-state index in [1.807, 2.05) is 0 Å². The maximum Gasteiger partial charge on any atom is 0.221 e. The first-order chi connectivity index (χ1) is 24.7. The van der Waals surface area contributed by atoms with E-state index in [0.717, 1.165) is 0 Å². The van der Waals surface area contributed by atoms with E-state index in [0.29, 0.717) is 0 Å². The van der Waals surface area contributed by atoms with Crippen LogP contribution < -0.4 is 21.3 Å². The fraction of sp³-hybridized carbons (Fsp3) is 0.867. The first kappa shape index (κ1) is 49.3. The van der Waals surface area contributed by atoms with E-state index in [9.17, 15) is 80.5 Å². The van der Waals surface area contributed by atoms with Gasteiger partial charge in [0.25, 0.3) is 0 Å². The van der Waals surface area contributed by atoms with Gasteiger partial charge in [-0.2, -0.15) is 0 Å². The minimum absolute atomic E-state index is 0.0323. The summed E-state index contributed by atoms with van der Waals surface area (Å²) in [5.41, 5.74) is -6.77. The third kappa shape index (κ3) is 16.6. The number of nitrogens with zero attached hydrogens (tertiary/aromatic N) is 2. The second kappa shape index (κ2) is 25.4. The van der Waals surface area contributed by atoms with E-state index in [2.05, 4.69) is 21.3 Å². The van der Waals surface area contributed by atoms with Crippen LogP contribution >= 0.6 is 0 Å². The van der Waals surface area contributed by atoms with Crippen LogP contribution in [0.2, 0.25) is 0 Å². The molecular formula is C30H60N6O16. The standard InChI is InChI=1S/C30H60N6O16/c37-11-27(12-38,13-39)31-23(49)1-5-35(6-2-24(50)32-28(14-40,15-41)16-42)9-10-36(7-3-25(51)33-29(17-43,18-44)19-45)8-4-26(52)34-30(20-46,21-47)22-48/h37-48H,1-22H2,(H,31,49)(H,32,50)(H,33,51)(H,34,52). The highest BCUT2D eigenvalue weighted by Gasteiger charge is 2.33. The molecule has 52 heavy (non-hydrogen) atoms. The van der Waals surface area contributed by atoms with Gasteiger partial charge in [0.05, 0.1) is 79.3 Å². The molecule has 0 radical (unpaired) electrons. The van der Waals surface area contributed by atoms with Crippen molar-refractivity contribution in [1.29, 1.82) is 0 Å². The predicted molar refractivity (Wildman–Crippen MR) is 180 cm³/mol. The monoisotopic (exact) mass is 760 g/mol. The number of hydrogen-bond acceptors (Lipinski definition) is 18. The number of rotatable bonds is 31. The molecule has 0 unspecified atom stereocenters. The van der Waals surface area contributed by atoms with Gasteiger partial charge in [0.2, 0.25) is 23.6 Å². The summed E-state index contributed by atoms with van der Waals surface area (Å²) in [4.78, 5) is 54.1. The molecule has 306 valence electrons. The zero-order valence-electron chi connectivity index (χ0n) is 29.5. The van der Waals surface area contributed by atoms with Crippen LogP contribution in [-0.4, -0.2) is 235 Å². The van der Waals surface area contributed by atoms with E-state index in [1.54, 1.807) is 9.80 Å². The number of aliphatic hydroxyl groups is 12. The molecule has 0 aromatic carbocycles. The van der Waals surface area contributed by atoms with Crippen molar-refractivity contribution in [3.8, 4) is 0 Å². The molecule has 0 heterocycles. The zero-order chi connectivity index (χ0) is 39.8. The molecule has 0 atom stereocenters. The lowest BCUT2D eigenvalue weighted by atomic mass is 10.0. The summed E-state index contributed by atoms with van der Waals surface area (Å²) in [7, 11) is 0. The van der Waals surface area contributed by atoms with Crippen LogP contribution in [0.4, 0.5) is 0 Å². The summed E-state index contributed by atoms with van der Waals surface area (Å²) in [6.07, 6.45) is -1.00. The Bertz CT molecular complexity index is 852. The fourth-order valence-corrected chi connectivity index (χ4v) is 4.50. The first-order valence-corrected chi connectivity index (χ1v) is 16.7. The zero-order valence-corrected chi connectivity index (χ0v) is 29.5. The largest absolute Gasteiger partial charge is 0.394 e. The number of carbonyl (C=O) groups is 4. The Kier molecular flexibility index (Phi) is 24.1. The van der Waals surface area contributed by atoms with Crippen molar-refractivity contribution in [2.45, 2.75) is 47.8 Å². The van der Waals surface area contributed by atoms with Gasteiger partial charge in [0.15, 0.2) is 0 Å². The second-order valence-electron chi connectivity index (χ2n) is 12.9. The van der Waals surface area contributed by atoms with Crippen molar-refractivity contribution in [2.75, 3.05) is 119 Å². The van der Waals surface area contributed by atoms with E-state index in [1.165, 1.54) is 0 Å². The average molecular weight is 761 g/mol. The lowest BCUT2D eigenvalue weighted by Gasteiger charge is -2.32. The van der Waals surface area contributed by atoms with Gasteiger partial charge in [-0.15, -0.1) is 0 Å². The van der Waals surface area contributed by atoms with E-state index in [4.69, 9.17) is 0 Å². The van der Waals surface area contributed by atoms with Gasteiger partial charge in [0, 0.05) is 65.0 Å². The minimum Gasteiger partial charge on any atom is -0.394 e. The van der Waals surface area contributed by atoms with Crippen LogP contribution in [0.3, 0.4) is 0 Å². The molecule has 16 N–H and O–H groups in total. The van der Waals surface area contributed by atoms with Crippen molar-refractivity contribution in [3.05, 3.63) is 0 Å². The van der Waals surface area contributed by atoms with Gasteiger partial charge in [-0.05, 0) is 0 Å². The minimum atomic E-state index is -1.69. The highest BCUT2D eigenvalue weighted by atomic mass is 16.3. The van der Waals surface area contributed by atoms with Gasteiger partial charge >= 0.3 is 0 Å². The molecule has 22 heteroatoms. The average Bonchev–Trinajstić information content (AvgIpc) is 3.17. The maximum atomic E-state index is 12.7. The second-order valence-corrected chi connectivity index (χ2v) is 12.9. The molecule has 0 saturated carbocycles. The van der Waals surface area contributed by atoms with Crippen LogP contribution in [0.1, 0.15) is 25.7 Å². The van der Waals surface area contributed by atoms with Crippen molar-refractivity contribution in [2.24, 2.45) is 0 Å². The smallest absolute Gasteiger partial charge is 0.221 e. The van der Waals surface area contributed by atoms with Crippen LogP contribution in [0, 0.1) is 0 Å². The molecule has 0 rings (SSSR count). The van der Waals surface area contributed by atoms with Gasteiger partial charge in [0.1, 0.15) is 22.2 Å². The third-order valence-corrected chi connectivity index (χ3v) is 8.60. The van der Waals surface area contributed by atoms with E-state index < -0.39 is 125 Å². The Balaban J connectivity index is 6.05. The fourth-order valence-electron chi connectivity index (χ4n) is 4.50. The van der Waals surface area contributed by atoms with Crippen LogP contribution in [0.5, 0.6) is 0 Å². The molecule has 4 amide bonds. The Morgan fingerprint density at radius 2 is 0.462 bits per heavy atom. The Hall–Kier alpha value is -2.68. The summed E-state index contributed by atoms with van der Waals surface area (Å²) in [5, 5.41) is 124. The topological polar surface area (TPSA) is 366 Å². The summed E-state index contributed by atoms with van der Waals surface area (Å²) >= 11 is 0. The SMILES string of the molecule is O=C(CCN(CCC(=O)NC(CO)(CO)CO)CCN(CCC(=O)NC(CO)(CO)CO)CCC(=O)NC(CO)(CO)CO)NC(CO)(CO)CO. The summed E-state index contributed by atoms with van der Waals surface area (Å²) in [6, 6.07) is 0. The maximum absolute atomic E-state index is 12.7. The number of amides is 4. The Labute approximate surface area is 301 Å². The van der Waals surface area contributed by atoms with E-state index in [-0.39, 0.29) is 65.0 Å². The number of hydrogen-bond donors (Lipinski definition) is 16. The highest BCUT2D eigenvalue weighted by Crippen LogP contribution is 2.08. The Morgan fingerprint density at radius 3 is 0.596 bits per heavy atom. The van der Waals surface area contributed by atoms with Gasteiger partial charge < -0.3 is 92.3 Å². The molecule has 0 aliphatic rings. The van der Waals surface area contributed by atoms with E-state index >= 15 is 0 Å². The summed E-state index contributed by atoms with van der Waals surface area (Å²) < 4.78 is 0. The molecular weight excluding hydrogens is 700 g/mol. The highest BCUT2D eigenvalue weighted by molar-refractivity contribution is 5.78. The molecule has 0 bridgehead atoms. The van der Waals surface area contributed by atoms with Crippen molar-refractivity contribution in [3.63, 3.8) is 0 Å². The first-order valence-electron chi connectivity index (χ1n) is 16.7. The van der Waals surface area contributed by atoms with Crippen molar-refractivity contribution >= 4 is 23.6 Å². The molecule has 22 nitrogen and oxygen atoms in total. The molecule has 0 aliphatic carbocycles. The van der Waals surface area contributed by atoms with Gasteiger partial charge in [-0.25, -0.2) is 0 Å². The van der Waals surface area contributed by atoms with Gasteiger partial charge in [-0.3, -0.25) is 19.2 Å². The molecule has 0 aromatic heterocycles. The van der Waals surface area contributed by atoms with Crippen LogP contribution in [-0.2, 0) is 19.2 Å². The Morgan fingerprint density at radius 1 is 0.308 bits per heavy atom. The predicted octanol–water partition coefficient (Wildman–Crippen LogP) is -9.52. The number of carbonyl (C=O) groups excluding carboxylic acids is 4. The molecule has 0 aromatic rings. The summed E-state index contributed by atoms with van der Waals surface area (Å²) in [5.74, 6) is -2.68. The number of aliphatic hydroxyl groups excluding tert-OH is 12. The summed E-state index contributed by atoms with van der Waals surface area (Å²) in [6.45, 7) is -9.12. The van der Waals surface area contributed by atoms with Crippen LogP contribution in [0.25, 0.3) is 0 Å². The molecule has 0 spiro atoms. The van der Waals surface area contributed by atoms with Crippen molar-refractivity contribution < 1.29 is 80.5 Å². The quantitative estimate of drug-likeness (QED) is 0.0312. The third-order valence-electron chi connectivity index (χ3n) is 8.60. The molecule has 0 saturated heterocycles. The normalized spacial score (nSPS) is 12.7. The van der Waals surface area contributed by atoms with Crippen molar-refractivity contribution in [1.82, 2.24) is 31.1 Å². The van der Waals surface area contributed by atoms with Gasteiger partial charge in [-0.1, -0.05) is 0 Å².